The molecule has 0 N–H and O–H groups in total. The molecule has 2 heterocycles. The van der Waals surface area contributed by atoms with Crippen molar-refractivity contribution in [3.05, 3.63) is 59.2 Å². The Labute approximate surface area is 147 Å². The Hall–Kier alpha value is -2.75. The van der Waals surface area contributed by atoms with E-state index in [0.717, 1.165) is 47.1 Å². The molecular formula is C21H21NO3. The maximum atomic E-state index is 5.55. The van der Waals surface area contributed by atoms with Gasteiger partial charge in [-0.15, -0.1) is 0 Å². The summed E-state index contributed by atoms with van der Waals surface area (Å²) in [5, 5.41) is 0. The Morgan fingerprint density at radius 3 is 2.60 bits per heavy atom. The maximum Gasteiger partial charge on any atom is 0.231 e. The van der Waals surface area contributed by atoms with Gasteiger partial charge in [0, 0.05) is 18.0 Å². The Kier molecular flexibility index (Phi) is 4.18. The summed E-state index contributed by atoms with van der Waals surface area (Å²) in [4.78, 5) is 4.81. The topological polar surface area (TPSA) is 40.0 Å². The van der Waals surface area contributed by atoms with E-state index in [0.29, 0.717) is 12.7 Å². The molecule has 0 aromatic heterocycles. The molecule has 0 amide bonds. The second-order valence-corrected chi connectivity index (χ2v) is 6.23. The van der Waals surface area contributed by atoms with Crippen molar-refractivity contribution >= 4 is 11.8 Å². The largest absolute Gasteiger partial charge is 0.497 e. The molecule has 0 radical (unpaired) electrons. The number of fused-ring (bicyclic) bond motifs is 2. The zero-order valence-electron chi connectivity index (χ0n) is 14.5. The van der Waals surface area contributed by atoms with E-state index in [2.05, 4.69) is 31.2 Å². The van der Waals surface area contributed by atoms with Crippen LogP contribution < -0.4 is 14.2 Å². The molecule has 4 nitrogen and oxygen atoms in total. The van der Waals surface area contributed by atoms with E-state index in [1.165, 1.54) is 5.56 Å². The lowest BCUT2D eigenvalue weighted by Gasteiger charge is -2.23. The van der Waals surface area contributed by atoms with E-state index in [-0.39, 0.29) is 0 Å². The standard InChI is InChI=1S/C21H21NO3/c1-3-15-12-22-19(9-6-14-4-7-16(23-2)8-5-14)18-11-21-20(10-17(15)18)24-13-25-21/h4-11,15H,3,12-13H2,1-2H3. The Morgan fingerprint density at radius 2 is 1.88 bits per heavy atom. The molecule has 0 saturated carbocycles. The van der Waals surface area contributed by atoms with Gasteiger partial charge < -0.3 is 14.2 Å². The Morgan fingerprint density at radius 1 is 1.12 bits per heavy atom. The van der Waals surface area contributed by atoms with E-state index >= 15 is 0 Å². The van der Waals surface area contributed by atoms with Gasteiger partial charge in [-0.3, -0.25) is 4.99 Å². The smallest absolute Gasteiger partial charge is 0.231 e. The summed E-state index contributed by atoms with van der Waals surface area (Å²) in [5.74, 6) is 2.94. The average Bonchev–Trinajstić information content (AvgIpc) is 3.12. The summed E-state index contributed by atoms with van der Waals surface area (Å²) in [6.07, 6.45) is 5.22. The van der Waals surface area contributed by atoms with Gasteiger partial charge in [0.2, 0.25) is 6.79 Å². The quantitative estimate of drug-likeness (QED) is 0.829. The maximum absolute atomic E-state index is 5.55. The predicted molar refractivity (Wildman–Crippen MR) is 99.0 cm³/mol. The summed E-state index contributed by atoms with van der Waals surface area (Å²) >= 11 is 0. The lowest BCUT2D eigenvalue weighted by atomic mass is 9.87. The first-order valence-electron chi connectivity index (χ1n) is 8.59. The third kappa shape index (κ3) is 3.00. The van der Waals surface area contributed by atoms with Crippen molar-refractivity contribution in [3.63, 3.8) is 0 Å². The SMILES string of the molecule is CCC1CN=C(C=Cc2ccc(OC)cc2)c2cc3c(cc21)OCO3. The van der Waals surface area contributed by atoms with Gasteiger partial charge in [-0.1, -0.05) is 25.1 Å². The number of nitrogens with zero attached hydrogens (tertiary/aromatic N) is 1. The van der Waals surface area contributed by atoms with Crippen LogP contribution in [0.25, 0.3) is 6.08 Å². The summed E-state index contributed by atoms with van der Waals surface area (Å²) in [6.45, 7) is 3.31. The molecule has 4 heteroatoms. The van der Waals surface area contributed by atoms with Crippen LogP contribution in [0, 0.1) is 0 Å². The van der Waals surface area contributed by atoms with E-state index in [4.69, 9.17) is 19.2 Å². The lowest BCUT2D eigenvalue weighted by molar-refractivity contribution is 0.174. The molecule has 2 aliphatic rings. The average molecular weight is 335 g/mol. The number of aliphatic imine (C=N–C) groups is 1. The van der Waals surface area contributed by atoms with Crippen LogP contribution >= 0.6 is 0 Å². The van der Waals surface area contributed by atoms with Crippen LogP contribution in [0.4, 0.5) is 0 Å². The van der Waals surface area contributed by atoms with E-state index in [1.807, 2.05) is 24.3 Å². The normalized spacial score (nSPS) is 18.2. The molecule has 25 heavy (non-hydrogen) atoms. The molecule has 1 unspecified atom stereocenters. The van der Waals surface area contributed by atoms with Crippen LogP contribution in [-0.2, 0) is 0 Å². The first-order chi connectivity index (χ1) is 12.3. The molecule has 2 aliphatic heterocycles. The van der Waals surface area contributed by atoms with Gasteiger partial charge in [-0.05, 0) is 47.9 Å². The van der Waals surface area contributed by atoms with Gasteiger partial charge in [0.1, 0.15) is 5.75 Å². The molecular weight excluding hydrogens is 314 g/mol. The first kappa shape index (κ1) is 15.8. The third-order valence-electron chi connectivity index (χ3n) is 4.78. The highest BCUT2D eigenvalue weighted by Gasteiger charge is 2.25. The van der Waals surface area contributed by atoms with Gasteiger partial charge in [-0.2, -0.15) is 0 Å². The van der Waals surface area contributed by atoms with Gasteiger partial charge in [0.25, 0.3) is 0 Å². The molecule has 0 aliphatic carbocycles. The van der Waals surface area contributed by atoms with Gasteiger partial charge in [0.15, 0.2) is 11.5 Å². The van der Waals surface area contributed by atoms with Crippen LogP contribution in [0.1, 0.15) is 36.0 Å². The number of hydrogen-bond acceptors (Lipinski definition) is 4. The Balaban J connectivity index is 1.66. The second kappa shape index (κ2) is 6.63. The van der Waals surface area contributed by atoms with Crippen LogP contribution in [-0.4, -0.2) is 26.2 Å². The number of allylic oxidation sites excluding steroid dienone is 1. The van der Waals surface area contributed by atoms with Crippen LogP contribution in [0.2, 0.25) is 0 Å². The minimum Gasteiger partial charge on any atom is -0.497 e. The number of methoxy groups -OCH3 is 1. The van der Waals surface area contributed by atoms with Gasteiger partial charge in [0.05, 0.1) is 12.8 Å². The monoisotopic (exact) mass is 335 g/mol. The zero-order chi connectivity index (χ0) is 17.2. The van der Waals surface area contributed by atoms with Crippen molar-refractivity contribution in [1.29, 1.82) is 0 Å². The number of ether oxygens (including phenoxy) is 3. The molecule has 128 valence electrons. The zero-order valence-corrected chi connectivity index (χ0v) is 14.5. The van der Waals surface area contributed by atoms with E-state index in [1.54, 1.807) is 7.11 Å². The van der Waals surface area contributed by atoms with Gasteiger partial charge in [-0.25, -0.2) is 0 Å². The predicted octanol–water partition coefficient (Wildman–Crippen LogP) is 4.43. The summed E-state index contributed by atoms with van der Waals surface area (Å²) in [5.41, 5.74) is 4.56. The third-order valence-corrected chi connectivity index (χ3v) is 4.78. The molecule has 2 aromatic rings. The minimum absolute atomic E-state index is 0.295. The van der Waals surface area contributed by atoms with Crippen molar-refractivity contribution < 1.29 is 14.2 Å². The van der Waals surface area contributed by atoms with E-state index < -0.39 is 0 Å². The van der Waals surface area contributed by atoms with Crippen molar-refractivity contribution in [2.24, 2.45) is 4.99 Å². The van der Waals surface area contributed by atoms with Crippen LogP contribution in [0.3, 0.4) is 0 Å². The molecule has 0 saturated heterocycles. The number of rotatable bonds is 4. The fourth-order valence-electron chi connectivity index (χ4n) is 3.29. The van der Waals surface area contributed by atoms with Crippen molar-refractivity contribution in [1.82, 2.24) is 0 Å². The van der Waals surface area contributed by atoms with Gasteiger partial charge >= 0.3 is 0 Å². The molecule has 0 spiro atoms. The molecule has 0 bridgehead atoms. The number of hydrogen-bond donors (Lipinski definition) is 0. The van der Waals surface area contributed by atoms with Crippen molar-refractivity contribution in [3.8, 4) is 17.2 Å². The fraction of sp³-hybridized carbons (Fsp3) is 0.286. The molecule has 2 aromatic carbocycles. The lowest BCUT2D eigenvalue weighted by Crippen LogP contribution is -2.16. The van der Waals surface area contributed by atoms with Crippen LogP contribution in [0.15, 0.2) is 47.5 Å². The molecule has 4 rings (SSSR count). The van der Waals surface area contributed by atoms with E-state index in [9.17, 15) is 0 Å². The highest BCUT2D eigenvalue weighted by molar-refractivity contribution is 6.12. The first-order valence-corrected chi connectivity index (χ1v) is 8.59. The summed E-state index contributed by atoms with van der Waals surface area (Å²) in [7, 11) is 1.67. The summed E-state index contributed by atoms with van der Waals surface area (Å²) in [6, 6.07) is 12.2. The molecule has 0 fully saturated rings. The second-order valence-electron chi connectivity index (χ2n) is 6.23. The van der Waals surface area contributed by atoms with Crippen molar-refractivity contribution in [2.45, 2.75) is 19.3 Å². The highest BCUT2D eigenvalue weighted by Crippen LogP contribution is 2.40. The van der Waals surface area contributed by atoms with Crippen molar-refractivity contribution in [2.75, 3.05) is 20.4 Å². The Bertz CT molecular complexity index is 837. The minimum atomic E-state index is 0.295. The fourth-order valence-corrected chi connectivity index (χ4v) is 3.29. The van der Waals surface area contributed by atoms with Crippen LogP contribution in [0.5, 0.6) is 17.2 Å². The number of benzene rings is 2. The molecule has 1 atom stereocenters. The highest BCUT2D eigenvalue weighted by atomic mass is 16.7. The summed E-state index contributed by atoms with van der Waals surface area (Å²) < 4.78 is 16.3.